The summed E-state index contributed by atoms with van der Waals surface area (Å²) < 4.78 is 0.745. The fourth-order valence-corrected chi connectivity index (χ4v) is 4.61. The van der Waals surface area contributed by atoms with Crippen LogP contribution in [0.5, 0.6) is 0 Å². The van der Waals surface area contributed by atoms with Crippen LogP contribution in [0.4, 0.5) is 0 Å². The molecule has 13 heteroatoms. The Labute approximate surface area is 267 Å². The molecule has 0 heterocycles. The number of amides is 5. The van der Waals surface area contributed by atoms with Crippen LogP contribution in [0.15, 0.2) is 30.3 Å². The molecule has 254 valence electrons. The first-order chi connectivity index (χ1) is 21.1. The van der Waals surface area contributed by atoms with Gasteiger partial charge in [-0.15, -0.1) is 0 Å². The van der Waals surface area contributed by atoms with E-state index in [2.05, 4.69) is 47.7 Å². The SMILES string of the molecule is CC(=O)N[C@@H](Cc1ccccc1)C(=O)N[C@@H](C)C(=O)N[C@@H](CC(C)C)C(=O)N[C@@H](CCCC[N+](C)(C)C)C(=O)NC(CO)CO. The van der Waals surface area contributed by atoms with Crippen LogP contribution in [0.3, 0.4) is 0 Å². The third-order valence-corrected chi connectivity index (χ3v) is 7.06. The van der Waals surface area contributed by atoms with Crippen LogP contribution in [-0.2, 0) is 30.4 Å². The number of carbonyl (C=O) groups is 5. The van der Waals surface area contributed by atoms with Gasteiger partial charge in [0.15, 0.2) is 0 Å². The second kappa shape index (κ2) is 19.8. The molecule has 0 aromatic heterocycles. The smallest absolute Gasteiger partial charge is 0.243 e. The monoisotopic (exact) mass is 635 g/mol. The van der Waals surface area contributed by atoms with E-state index in [1.54, 1.807) is 0 Å². The Morgan fingerprint density at radius 2 is 1.27 bits per heavy atom. The lowest BCUT2D eigenvalue weighted by molar-refractivity contribution is -0.870. The van der Waals surface area contributed by atoms with Gasteiger partial charge in [0.25, 0.3) is 0 Å². The number of nitrogens with one attached hydrogen (secondary N) is 5. The first-order valence-electron chi connectivity index (χ1n) is 15.6. The highest BCUT2D eigenvalue weighted by Gasteiger charge is 2.30. The van der Waals surface area contributed by atoms with Gasteiger partial charge in [0.1, 0.15) is 24.2 Å². The lowest BCUT2D eigenvalue weighted by Gasteiger charge is -2.27. The van der Waals surface area contributed by atoms with Crippen molar-refractivity contribution in [3.63, 3.8) is 0 Å². The number of nitrogens with zero attached hydrogens (tertiary/aromatic N) is 1. The zero-order valence-electron chi connectivity index (χ0n) is 27.9. The molecule has 0 saturated heterocycles. The van der Waals surface area contributed by atoms with E-state index in [1.807, 2.05) is 44.2 Å². The van der Waals surface area contributed by atoms with Gasteiger partial charge in [-0.3, -0.25) is 24.0 Å². The summed E-state index contributed by atoms with van der Waals surface area (Å²) in [6.07, 6.45) is 2.26. The maximum atomic E-state index is 13.5. The molecule has 4 atom stereocenters. The van der Waals surface area contributed by atoms with Gasteiger partial charge in [-0.2, -0.15) is 0 Å². The number of benzene rings is 1. The van der Waals surface area contributed by atoms with Crippen molar-refractivity contribution < 1.29 is 38.7 Å². The molecule has 0 unspecified atom stereocenters. The quantitative estimate of drug-likeness (QED) is 0.0750. The number of quaternary nitrogens is 1. The molecule has 0 spiro atoms. The number of hydrogen-bond donors (Lipinski definition) is 7. The van der Waals surface area contributed by atoms with E-state index in [0.717, 1.165) is 23.0 Å². The van der Waals surface area contributed by atoms with E-state index in [0.29, 0.717) is 12.8 Å². The lowest BCUT2D eigenvalue weighted by atomic mass is 10.0. The predicted molar refractivity (Wildman–Crippen MR) is 172 cm³/mol. The van der Waals surface area contributed by atoms with E-state index in [4.69, 9.17) is 0 Å². The molecule has 1 aromatic carbocycles. The Morgan fingerprint density at radius 1 is 0.711 bits per heavy atom. The summed E-state index contributed by atoms with van der Waals surface area (Å²) in [5.74, 6) is -2.64. The summed E-state index contributed by atoms with van der Waals surface area (Å²) in [5.41, 5.74) is 0.831. The van der Waals surface area contributed by atoms with Crippen LogP contribution < -0.4 is 26.6 Å². The van der Waals surface area contributed by atoms with Crippen molar-refractivity contribution in [1.82, 2.24) is 26.6 Å². The summed E-state index contributed by atoms with van der Waals surface area (Å²) >= 11 is 0. The number of aliphatic hydroxyl groups excluding tert-OH is 2. The van der Waals surface area contributed by atoms with Crippen LogP contribution in [0.1, 0.15) is 58.9 Å². The third kappa shape index (κ3) is 16.4. The number of carbonyl (C=O) groups excluding carboxylic acids is 5. The minimum absolute atomic E-state index is 0.00551. The van der Waals surface area contributed by atoms with Gasteiger partial charge in [-0.1, -0.05) is 44.2 Å². The Bertz CT molecular complexity index is 1090. The molecule has 0 saturated carbocycles. The molecular weight excluding hydrogens is 580 g/mol. The van der Waals surface area contributed by atoms with Gasteiger partial charge in [0.2, 0.25) is 29.5 Å². The van der Waals surface area contributed by atoms with E-state index in [-0.39, 0.29) is 18.8 Å². The van der Waals surface area contributed by atoms with Crippen LogP contribution >= 0.6 is 0 Å². The predicted octanol–water partition coefficient (Wildman–Crippen LogP) is -0.400. The zero-order valence-corrected chi connectivity index (χ0v) is 27.9. The van der Waals surface area contributed by atoms with Gasteiger partial charge >= 0.3 is 0 Å². The Morgan fingerprint density at radius 3 is 1.80 bits per heavy atom. The first-order valence-corrected chi connectivity index (χ1v) is 15.6. The minimum Gasteiger partial charge on any atom is -0.394 e. The van der Waals surface area contributed by atoms with E-state index < -0.39 is 73.0 Å². The van der Waals surface area contributed by atoms with Crippen molar-refractivity contribution in [3.8, 4) is 0 Å². The molecule has 13 nitrogen and oxygen atoms in total. The molecule has 1 rings (SSSR count). The lowest BCUT2D eigenvalue weighted by Crippen LogP contribution is -2.58. The summed E-state index contributed by atoms with van der Waals surface area (Å²) in [6, 6.07) is 4.39. The second-order valence-corrected chi connectivity index (χ2v) is 13.0. The second-order valence-electron chi connectivity index (χ2n) is 13.0. The number of unbranched alkanes of at least 4 members (excludes halogenated alkanes) is 1. The van der Waals surface area contributed by atoms with Gasteiger partial charge in [0.05, 0.1) is 46.9 Å². The summed E-state index contributed by atoms with van der Waals surface area (Å²) in [4.78, 5) is 64.6. The largest absolute Gasteiger partial charge is 0.394 e. The fraction of sp³-hybridized carbons (Fsp3) is 0.656. The Kier molecular flexibility index (Phi) is 17.3. The van der Waals surface area contributed by atoms with Crippen LogP contribution in [0, 0.1) is 5.92 Å². The molecular formula is C32H55N6O7+. The maximum Gasteiger partial charge on any atom is 0.243 e. The van der Waals surface area contributed by atoms with Gasteiger partial charge < -0.3 is 41.3 Å². The Balaban J connectivity index is 3.00. The van der Waals surface area contributed by atoms with Crippen molar-refractivity contribution in [2.75, 3.05) is 40.9 Å². The van der Waals surface area contributed by atoms with Gasteiger partial charge in [-0.25, -0.2) is 0 Å². The Hall–Kier alpha value is -3.55. The molecule has 45 heavy (non-hydrogen) atoms. The van der Waals surface area contributed by atoms with Crippen molar-refractivity contribution in [1.29, 1.82) is 0 Å². The summed E-state index contributed by atoms with van der Waals surface area (Å²) in [5, 5.41) is 32.1. The van der Waals surface area contributed by atoms with Crippen molar-refractivity contribution in [3.05, 3.63) is 35.9 Å². The highest BCUT2D eigenvalue weighted by Crippen LogP contribution is 2.10. The molecule has 0 radical (unpaired) electrons. The number of hydrogen-bond acceptors (Lipinski definition) is 7. The summed E-state index contributed by atoms with van der Waals surface area (Å²) in [6.45, 7) is 6.51. The zero-order chi connectivity index (χ0) is 34.2. The highest BCUT2D eigenvalue weighted by molar-refractivity contribution is 5.95. The molecule has 0 aliphatic rings. The number of rotatable bonds is 20. The molecule has 7 N–H and O–H groups in total. The van der Waals surface area contributed by atoms with Crippen LogP contribution in [-0.4, -0.2) is 115 Å². The van der Waals surface area contributed by atoms with Crippen LogP contribution in [0.2, 0.25) is 0 Å². The standard InChI is InChI=1S/C32H54N6O7/c1-21(2)17-27(32(45)36-26(15-11-12-16-38(5,6)7)30(43)35-25(19-39)20-40)37-29(42)22(3)33-31(44)28(34-23(4)41)18-24-13-9-8-10-14-24/h8-10,13-14,21-22,25-28,39-40H,11-12,15-20H2,1-7H3,(H4-,33,34,35,36,37,41,42,43,44,45)/p+1/t22-,26-,27-,28-/m0/s1. The topological polar surface area (TPSA) is 186 Å². The average molecular weight is 636 g/mol. The molecule has 1 aromatic rings. The fourth-order valence-electron chi connectivity index (χ4n) is 4.61. The normalized spacial score (nSPS) is 14.2. The van der Waals surface area contributed by atoms with Gasteiger partial charge in [0, 0.05) is 13.3 Å². The van der Waals surface area contributed by atoms with Crippen LogP contribution in [0.25, 0.3) is 0 Å². The first kappa shape index (κ1) is 39.5. The third-order valence-electron chi connectivity index (χ3n) is 7.06. The highest BCUT2D eigenvalue weighted by atomic mass is 16.3. The molecule has 0 aliphatic heterocycles. The van der Waals surface area contributed by atoms with Crippen molar-refractivity contribution in [2.24, 2.45) is 5.92 Å². The van der Waals surface area contributed by atoms with Crippen molar-refractivity contribution >= 4 is 29.5 Å². The average Bonchev–Trinajstić information content (AvgIpc) is 2.95. The number of aliphatic hydroxyl groups is 2. The van der Waals surface area contributed by atoms with E-state index in [9.17, 15) is 34.2 Å². The maximum absolute atomic E-state index is 13.5. The summed E-state index contributed by atoms with van der Waals surface area (Å²) in [7, 11) is 6.18. The molecule has 0 fully saturated rings. The minimum atomic E-state index is -1.03. The van der Waals surface area contributed by atoms with Crippen molar-refractivity contribution in [2.45, 2.75) is 90.0 Å². The molecule has 5 amide bonds. The van der Waals surface area contributed by atoms with Gasteiger partial charge in [-0.05, 0) is 44.1 Å². The molecule has 0 bridgehead atoms. The van der Waals surface area contributed by atoms with E-state index in [1.165, 1.54) is 13.8 Å². The van der Waals surface area contributed by atoms with E-state index >= 15 is 0 Å². The molecule has 0 aliphatic carbocycles.